The summed E-state index contributed by atoms with van der Waals surface area (Å²) in [7, 11) is 1.14. The first-order valence-electron chi connectivity index (χ1n) is 11.4. The van der Waals surface area contributed by atoms with Gasteiger partial charge in [-0.25, -0.2) is 4.39 Å². The number of halogens is 5. The molecule has 0 N–H and O–H groups in total. The van der Waals surface area contributed by atoms with Gasteiger partial charge in [-0.15, -0.1) is 0 Å². The maximum absolute atomic E-state index is 14.6. The molecule has 0 amide bonds. The molecule has 3 aromatic rings. The van der Waals surface area contributed by atoms with Gasteiger partial charge in [-0.2, -0.15) is 17.6 Å². The average molecular weight is 507 g/mol. The number of aryl methyl sites for hydroxylation is 1. The van der Waals surface area contributed by atoms with Crippen LogP contribution in [0.25, 0.3) is 0 Å². The summed E-state index contributed by atoms with van der Waals surface area (Å²) in [6, 6.07) is 14.7. The topological polar surface area (TPSA) is 40.6 Å². The number of rotatable bonds is 6. The minimum absolute atomic E-state index is 0.0666. The van der Waals surface area contributed by atoms with Crippen molar-refractivity contribution in [3.05, 3.63) is 88.7 Å². The van der Waals surface area contributed by atoms with Crippen molar-refractivity contribution in [1.82, 2.24) is 4.98 Å². The molecule has 0 radical (unpaired) electrons. The Balaban J connectivity index is 1.79. The van der Waals surface area contributed by atoms with Crippen molar-refractivity contribution < 1.29 is 36.2 Å². The molecule has 2 heterocycles. The summed E-state index contributed by atoms with van der Waals surface area (Å²) in [4.78, 5) is 4.44. The van der Waals surface area contributed by atoms with E-state index in [4.69, 9.17) is 14.2 Å². The van der Waals surface area contributed by atoms with Crippen LogP contribution in [0.3, 0.4) is 0 Å². The molecule has 1 unspecified atom stereocenters. The first-order chi connectivity index (χ1) is 17.0. The fourth-order valence-corrected chi connectivity index (χ4v) is 4.70. The van der Waals surface area contributed by atoms with Gasteiger partial charge in [0.2, 0.25) is 5.82 Å². The molecule has 0 spiro atoms. The largest absolute Gasteiger partial charge is 0.493 e. The molecule has 4 atom stereocenters. The van der Waals surface area contributed by atoms with E-state index in [0.717, 1.165) is 25.7 Å². The minimum Gasteiger partial charge on any atom is -0.493 e. The summed E-state index contributed by atoms with van der Waals surface area (Å²) in [6.45, 7) is 4.26. The zero-order chi connectivity index (χ0) is 26.3. The number of hydrogen-bond donors (Lipinski definition) is 0. The number of hydrogen-bond acceptors (Lipinski definition) is 4. The van der Waals surface area contributed by atoms with Crippen molar-refractivity contribution in [2.75, 3.05) is 7.11 Å². The van der Waals surface area contributed by atoms with E-state index < -0.39 is 47.1 Å². The molecule has 4 nitrogen and oxygen atoms in total. The molecule has 0 aliphatic carbocycles. The molecular formula is C27H26F5NO3. The molecule has 2 aromatic carbocycles. The lowest BCUT2D eigenvalue weighted by molar-refractivity contribution is -0.275. The van der Waals surface area contributed by atoms with Crippen LogP contribution in [0.2, 0.25) is 0 Å². The van der Waals surface area contributed by atoms with Crippen LogP contribution < -0.4 is 9.47 Å². The van der Waals surface area contributed by atoms with Gasteiger partial charge in [-0.3, -0.25) is 4.98 Å². The first-order valence-corrected chi connectivity index (χ1v) is 11.4. The average Bonchev–Trinajstić information content (AvgIpc) is 3.11. The van der Waals surface area contributed by atoms with E-state index >= 15 is 0 Å². The molecule has 192 valence electrons. The monoisotopic (exact) mass is 507 g/mol. The Kier molecular flexibility index (Phi) is 6.96. The van der Waals surface area contributed by atoms with E-state index in [2.05, 4.69) is 4.98 Å². The predicted octanol–water partition coefficient (Wildman–Crippen LogP) is 7.07. The molecule has 36 heavy (non-hydrogen) atoms. The van der Waals surface area contributed by atoms with Crippen molar-refractivity contribution in [3.8, 4) is 11.5 Å². The highest BCUT2D eigenvalue weighted by atomic mass is 19.4. The van der Waals surface area contributed by atoms with Crippen LogP contribution in [0, 0.1) is 24.5 Å². The Labute approximate surface area is 206 Å². The van der Waals surface area contributed by atoms with Gasteiger partial charge in [0, 0.05) is 35.2 Å². The Hall–Kier alpha value is -3.20. The van der Waals surface area contributed by atoms with E-state index in [0.29, 0.717) is 11.4 Å². The molecule has 9 heteroatoms. The quantitative estimate of drug-likeness (QED) is 0.335. The van der Waals surface area contributed by atoms with Crippen LogP contribution in [0.1, 0.15) is 48.4 Å². The van der Waals surface area contributed by atoms with Crippen LogP contribution in [0.15, 0.2) is 54.6 Å². The summed E-state index contributed by atoms with van der Waals surface area (Å²) >= 11 is 0. The van der Waals surface area contributed by atoms with Gasteiger partial charge in [0.15, 0.2) is 17.2 Å². The Morgan fingerprint density at radius 1 is 1.06 bits per heavy atom. The molecule has 1 fully saturated rings. The molecule has 1 aromatic heterocycles. The highest BCUT2D eigenvalue weighted by Gasteiger charge is 2.65. The highest BCUT2D eigenvalue weighted by molar-refractivity contribution is 5.42. The maximum Gasteiger partial charge on any atom is 0.417 e. The summed E-state index contributed by atoms with van der Waals surface area (Å²) < 4.78 is 87.9. The van der Waals surface area contributed by atoms with E-state index in [1.54, 1.807) is 13.0 Å². The molecule has 0 bridgehead atoms. The van der Waals surface area contributed by atoms with Crippen LogP contribution in [-0.2, 0) is 11.3 Å². The lowest BCUT2D eigenvalue weighted by Gasteiger charge is -2.32. The Morgan fingerprint density at radius 3 is 2.39 bits per heavy atom. The minimum atomic E-state index is -4.73. The van der Waals surface area contributed by atoms with Gasteiger partial charge in [0.1, 0.15) is 18.5 Å². The fraction of sp³-hybridized carbons (Fsp3) is 0.370. The maximum atomic E-state index is 14.6. The van der Waals surface area contributed by atoms with Gasteiger partial charge in [-0.05, 0) is 25.5 Å². The summed E-state index contributed by atoms with van der Waals surface area (Å²) in [5.41, 5.74) is -0.905. The van der Waals surface area contributed by atoms with Gasteiger partial charge in [0.25, 0.3) is 0 Å². The number of benzene rings is 2. The molecule has 1 saturated heterocycles. The van der Waals surface area contributed by atoms with Crippen molar-refractivity contribution in [1.29, 1.82) is 0 Å². The van der Waals surface area contributed by atoms with Crippen molar-refractivity contribution in [3.63, 3.8) is 0 Å². The molecule has 4 rings (SSSR count). The normalized spacial score (nSPS) is 24.1. The summed E-state index contributed by atoms with van der Waals surface area (Å²) in [5.74, 6) is -4.72. The van der Waals surface area contributed by atoms with Crippen LogP contribution in [0.4, 0.5) is 22.0 Å². The van der Waals surface area contributed by atoms with Crippen molar-refractivity contribution >= 4 is 0 Å². The Bertz CT molecular complexity index is 1230. The second-order valence-electron chi connectivity index (χ2n) is 9.08. The van der Waals surface area contributed by atoms with Gasteiger partial charge in [0.05, 0.1) is 12.8 Å². The first kappa shape index (κ1) is 25.9. The van der Waals surface area contributed by atoms with Crippen molar-refractivity contribution in [2.45, 2.75) is 51.2 Å². The van der Waals surface area contributed by atoms with Crippen molar-refractivity contribution in [2.24, 2.45) is 5.92 Å². The third kappa shape index (κ3) is 4.64. The number of alkyl halides is 3. The molecular weight excluding hydrogens is 481 g/mol. The number of nitrogens with zero attached hydrogens (tertiary/aromatic N) is 1. The number of methoxy groups -OCH3 is 1. The zero-order valence-corrected chi connectivity index (χ0v) is 20.2. The zero-order valence-electron chi connectivity index (χ0n) is 20.2. The summed E-state index contributed by atoms with van der Waals surface area (Å²) in [6.07, 6.45) is -5.97. The SMILES string of the molecule is COc1c([C@H]2C(c3cc(OCc4ccccc4)cc(C)n3)O[C@@](C)(C(F)(F)F)[C@H]2C)ccc(F)c1F. The fourth-order valence-electron chi connectivity index (χ4n) is 4.70. The smallest absolute Gasteiger partial charge is 0.417 e. The van der Waals surface area contributed by atoms with Crippen LogP contribution >= 0.6 is 0 Å². The van der Waals surface area contributed by atoms with E-state index in [1.807, 2.05) is 30.3 Å². The molecule has 1 aliphatic rings. The van der Waals surface area contributed by atoms with Gasteiger partial charge in [-0.1, -0.05) is 43.3 Å². The molecule has 0 saturated carbocycles. The number of pyridine rings is 1. The Morgan fingerprint density at radius 2 is 1.75 bits per heavy atom. The number of aromatic nitrogens is 1. The van der Waals surface area contributed by atoms with E-state index in [1.165, 1.54) is 19.1 Å². The van der Waals surface area contributed by atoms with Crippen LogP contribution in [-0.4, -0.2) is 23.9 Å². The van der Waals surface area contributed by atoms with E-state index in [9.17, 15) is 22.0 Å². The van der Waals surface area contributed by atoms with Gasteiger partial charge >= 0.3 is 6.18 Å². The highest BCUT2D eigenvalue weighted by Crippen LogP contribution is 2.59. The van der Waals surface area contributed by atoms with E-state index in [-0.39, 0.29) is 17.9 Å². The molecule has 1 aliphatic heterocycles. The predicted molar refractivity (Wildman–Crippen MR) is 123 cm³/mol. The second-order valence-corrected chi connectivity index (χ2v) is 9.08. The third-order valence-electron chi connectivity index (χ3n) is 6.80. The standard InChI is InChI=1S/C27H26F5NO3/c1-15-12-18(35-14-17-8-6-5-7-9-17)13-21(33-15)25-22(16(2)26(3,36-25)27(30,31)32)19-10-11-20(28)23(29)24(19)34-4/h5-13,16,22,25H,14H2,1-4H3/t16-,22-,25?,26+/m0/s1. The van der Waals surface area contributed by atoms with Gasteiger partial charge < -0.3 is 14.2 Å². The lowest BCUT2D eigenvalue weighted by Crippen LogP contribution is -2.46. The second kappa shape index (κ2) is 9.69. The lowest BCUT2D eigenvalue weighted by atomic mass is 9.76. The number of ether oxygens (including phenoxy) is 3. The third-order valence-corrected chi connectivity index (χ3v) is 6.80. The van der Waals surface area contributed by atoms with Crippen LogP contribution in [0.5, 0.6) is 11.5 Å². The summed E-state index contributed by atoms with van der Waals surface area (Å²) in [5, 5.41) is 0.